The molecule has 1 N–H and O–H groups in total. The Balaban J connectivity index is 1.56. The number of nitrogens with one attached hydrogen (secondary N) is 1. The van der Waals surface area contributed by atoms with Crippen molar-refractivity contribution in [3.8, 4) is 5.69 Å². The monoisotopic (exact) mass is 327 g/mol. The molecule has 0 radical (unpaired) electrons. The van der Waals surface area contributed by atoms with E-state index in [1.54, 1.807) is 11.2 Å². The molecule has 24 heavy (non-hydrogen) atoms. The van der Waals surface area contributed by atoms with Gasteiger partial charge in [0.25, 0.3) is 0 Å². The Morgan fingerprint density at radius 2 is 2.29 bits per heavy atom. The number of ether oxygens (including phenoxy) is 1. The first-order valence-corrected chi connectivity index (χ1v) is 7.86. The fourth-order valence-electron chi connectivity index (χ4n) is 3.15. The predicted molar refractivity (Wildman–Crippen MR) is 85.1 cm³/mol. The van der Waals surface area contributed by atoms with Crippen molar-refractivity contribution in [3.63, 3.8) is 0 Å². The Bertz CT molecular complexity index is 816. The van der Waals surface area contributed by atoms with Crippen molar-refractivity contribution in [3.05, 3.63) is 35.9 Å². The Kier molecular flexibility index (Phi) is 3.44. The lowest BCUT2D eigenvalue weighted by molar-refractivity contribution is -0.119. The molecule has 2 amide bonds. The molecule has 1 saturated heterocycles. The molecule has 1 fully saturated rings. The average Bonchev–Trinajstić information content (AvgIpc) is 3.18. The summed E-state index contributed by atoms with van der Waals surface area (Å²) in [5.74, 6) is 0.814. The fourth-order valence-corrected chi connectivity index (χ4v) is 3.15. The van der Waals surface area contributed by atoms with Crippen LogP contribution in [0.5, 0.6) is 0 Å². The second-order valence-electron chi connectivity index (χ2n) is 5.98. The summed E-state index contributed by atoms with van der Waals surface area (Å²) in [6, 6.07) is 5.89. The molecular formula is C16H17N5O3. The third kappa shape index (κ3) is 2.49. The van der Waals surface area contributed by atoms with Gasteiger partial charge in [0.05, 0.1) is 18.8 Å². The van der Waals surface area contributed by atoms with Crippen LogP contribution in [-0.4, -0.2) is 46.0 Å². The van der Waals surface area contributed by atoms with E-state index < -0.39 is 0 Å². The average molecular weight is 327 g/mol. The van der Waals surface area contributed by atoms with E-state index in [1.165, 1.54) is 6.92 Å². The summed E-state index contributed by atoms with van der Waals surface area (Å²) in [6.07, 6.45) is 2.68. The SMILES string of the molecule is CC(=O)NCC1CN(c2ccc3c(c2)CCc2nncn2-3)C(=O)O1. The molecule has 0 saturated carbocycles. The summed E-state index contributed by atoms with van der Waals surface area (Å²) in [5.41, 5.74) is 3.01. The number of hydrogen-bond donors (Lipinski definition) is 1. The van der Waals surface area contributed by atoms with E-state index in [9.17, 15) is 9.59 Å². The largest absolute Gasteiger partial charge is 0.442 e. The number of aromatic nitrogens is 3. The number of carbonyl (C=O) groups excluding carboxylic acids is 2. The standard InChI is InChI=1S/C16H17N5O3/c1-10(22)17-7-13-8-20(16(23)24-13)12-3-4-14-11(6-12)2-5-15-19-18-9-21(14)15/h3-4,6,9,13H,2,5,7-8H2,1H3,(H,17,22). The van der Waals surface area contributed by atoms with Gasteiger partial charge in [0.15, 0.2) is 0 Å². The van der Waals surface area contributed by atoms with E-state index >= 15 is 0 Å². The van der Waals surface area contributed by atoms with Gasteiger partial charge >= 0.3 is 6.09 Å². The molecule has 0 bridgehead atoms. The molecule has 2 aliphatic rings. The van der Waals surface area contributed by atoms with Gasteiger partial charge in [0, 0.05) is 19.0 Å². The number of cyclic esters (lactones) is 1. The molecule has 2 aromatic rings. The van der Waals surface area contributed by atoms with E-state index in [0.717, 1.165) is 35.6 Å². The molecule has 124 valence electrons. The number of nitrogens with zero attached hydrogens (tertiary/aromatic N) is 4. The zero-order valence-electron chi connectivity index (χ0n) is 13.2. The molecular weight excluding hydrogens is 310 g/mol. The van der Waals surface area contributed by atoms with Crippen LogP contribution in [0, 0.1) is 0 Å². The molecule has 1 unspecified atom stereocenters. The summed E-state index contributed by atoms with van der Waals surface area (Å²) in [6.45, 7) is 2.19. The number of carbonyl (C=O) groups is 2. The van der Waals surface area contributed by atoms with Crippen LogP contribution < -0.4 is 10.2 Å². The highest BCUT2D eigenvalue weighted by Crippen LogP contribution is 2.29. The second-order valence-corrected chi connectivity index (χ2v) is 5.98. The highest BCUT2D eigenvalue weighted by Gasteiger charge is 2.33. The molecule has 8 heteroatoms. The van der Waals surface area contributed by atoms with Gasteiger partial charge in [-0.15, -0.1) is 10.2 Å². The molecule has 4 rings (SSSR count). The van der Waals surface area contributed by atoms with Crippen LogP contribution >= 0.6 is 0 Å². The van der Waals surface area contributed by atoms with Crippen molar-refractivity contribution >= 4 is 17.7 Å². The lowest BCUT2D eigenvalue weighted by atomic mass is 10.0. The van der Waals surface area contributed by atoms with Gasteiger partial charge in [0.1, 0.15) is 18.3 Å². The molecule has 2 aliphatic heterocycles. The van der Waals surface area contributed by atoms with Crippen LogP contribution in [0.25, 0.3) is 5.69 Å². The Hall–Kier alpha value is -2.90. The van der Waals surface area contributed by atoms with Gasteiger partial charge < -0.3 is 10.1 Å². The Morgan fingerprint density at radius 3 is 3.12 bits per heavy atom. The minimum Gasteiger partial charge on any atom is -0.442 e. The first kappa shape index (κ1) is 14.7. The molecule has 1 aromatic heterocycles. The molecule has 1 atom stereocenters. The van der Waals surface area contributed by atoms with E-state index in [2.05, 4.69) is 15.5 Å². The fraction of sp³-hybridized carbons (Fsp3) is 0.375. The zero-order chi connectivity index (χ0) is 16.7. The van der Waals surface area contributed by atoms with Gasteiger partial charge in [-0.2, -0.15) is 0 Å². The molecule has 8 nitrogen and oxygen atoms in total. The predicted octanol–water partition coefficient (Wildman–Crippen LogP) is 0.827. The van der Waals surface area contributed by atoms with Crippen molar-refractivity contribution < 1.29 is 14.3 Å². The maximum atomic E-state index is 12.1. The van der Waals surface area contributed by atoms with Crippen molar-refractivity contribution in [1.82, 2.24) is 20.1 Å². The van der Waals surface area contributed by atoms with Crippen molar-refractivity contribution in [2.75, 3.05) is 18.0 Å². The third-order valence-corrected chi connectivity index (χ3v) is 4.32. The number of benzene rings is 1. The summed E-state index contributed by atoms with van der Waals surface area (Å²) >= 11 is 0. The minimum atomic E-state index is -0.383. The first-order chi connectivity index (χ1) is 11.6. The Labute approximate surface area is 138 Å². The minimum absolute atomic E-state index is 0.136. The van der Waals surface area contributed by atoms with Crippen molar-refractivity contribution in [1.29, 1.82) is 0 Å². The summed E-state index contributed by atoms with van der Waals surface area (Å²) in [7, 11) is 0. The van der Waals surface area contributed by atoms with E-state index in [4.69, 9.17) is 4.74 Å². The van der Waals surface area contributed by atoms with E-state index in [1.807, 2.05) is 22.8 Å². The molecule has 0 aliphatic carbocycles. The maximum Gasteiger partial charge on any atom is 0.414 e. The number of fused-ring (bicyclic) bond motifs is 3. The van der Waals surface area contributed by atoms with Gasteiger partial charge in [-0.05, 0) is 30.2 Å². The van der Waals surface area contributed by atoms with Crippen LogP contribution in [0.3, 0.4) is 0 Å². The normalized spacial score (nSPS) is 18.8. The molecule has 1 aromatic carbocycles. The summed E-state index contributed by atoms with van der Waals surface area (Å²) in [4.78, 5) is 24.7. The highest BCUT2D eigenvalue weighted by atomic mass is 16.6. The van der Waals surface area contributed by atoms with Crippen LogP contribution in [0.2, 0.25) is 0 Å². The van der Waals surface area contributed by atoms with Gasteiger partial charge in [-0.25, -0.2) is 4.79 Å². The quantitative estimate of drug-likeness (QED) is 0.902. The second kappa shape index (κ2) is 5.63. The number of aryl methyl sites for hydroxylation is 2. The Morgan fingerprint density at radius 1 is 1.42 bits per heavy atom. The molecule has 3 heterocycles. The van der Waals surface area contributed by atoms with E-state index in [-0.39, 0.29) is 18.1 Å². The maximum absolute atomic E-state index is 12.1. The number of amides is 2. The van der Waals surface area contributed by atoms with E-state index in [0.29, 0.717) is 13.1 Å². The number of rotatable bonds is 3. The van der Waals surface area contributed by atoms with Gasteiger partial charge in [-0.1, -0.05) is 0 Å². The van der Waals surface area contributed by atoms with Gasteiger partial charge in [0.2, 0.25) is 5.91 Å². The molecule has 0 spiro atoms. The third-order valence-electron chi connectivity index (χ3n) is 4.32. The summed E-state index contributed by atoms with van der Waals surface area (Å²) < 4.78 is 7.29. The topological polar surface area (TPSA) is 89.4 Å². The van der Waals surface area contributed by atoms with Gasteiger partial charge in [-0.3, -0.25) is 14.3 Å². The van der Waals surface area contributed by atoms with Crippen molar-refractivity contribution in [2.24, 2.45) is 0 Å². The van der Waals surface area contributed by atoms with Crippen LogP contribution in [-0.2, 0) is 22.4 Å². The first-order valence-electron chi connectivity index (χ1n) is 7.86. The smallest absolute Gasteiger partial charge is 0.414 e. The van der Waals surface area contributed by atoms with Crippen LogP contribution in [0.4, 0.5) is 10.5 Å². The van der Waals surface area contributed by atoms with Crippen molar-refractivity contribution in [2.45, 2.75) is 25.9 Å². The number of hydrogen-bond acceptors (Lipinski definition) is 5. The van der Waals surface area contributed by atoms with Crippen LogP contribution in [0.1, 0.15) is 18.3 Å². The lowest BCUT2D eigenvalue weighted by Gasteiger charge is -2.20. The van der Waals surface area contributed by atoms with Crippen LogP contribution in [0.15, 0.2) is 24.5 Å². The summed E-state index contributed by atoms with van der Waals surface area (Å²) in [5, 5.41) is 10.7. The zero-order valence-corrected chi connectivity index (χ0v) is 13.2. The highest BCUT2D eigenvalue weighted by molar-refractivity contribution is 5.90. The number of anilines is 1. The lowest BCUT2D eigenvalue weighted by Crippen LogP contribution is -2.33.